The number of aryl methyl sites for hydroxylation is 1. The Bertz CT molecular complexity index is 472. The molecule has 6 heteroatoms. The van der Waals surface area contributed by atoms with E-state index in [1.54, 1.807) is 6.92 Å². The van der Waals surface area contributed by atoms with E-state index in [4.69, 9.17) is 8.83 Å². The summed E-state index contributed by atoms with van der Waals surface area (Å²) in [5, 5.41) is 0. The minimum Gasteiger partial charge on any atom is -0.464 e. The van der Waals surface area contributed by atoms with E-state index in [2.05, 4.69) is 14.7 Å². The number of oxazole rings is 2. The largest absolute Gasteiger partial charge is 0.464 e. The monoisotopic (exact) mass is 208 g/mol. The maximum Gasteiger partial charge on any atom is 0.360 e. The van der Waals surface area contributed by atoms with Crippen LogP contribution in [0.2, 0.25) is 0 Å². The average Bonchev–Trinajstić information content (AvgIpc) is 2.84. The highest BCUT2D eigenvalue weighted by atomic mass is 16.5. The molecule has 0 aliphatic carbocycles. The Morgan fingerprint density at radius 1 is 1.53 bits per heavy atom. The Labute approximate surface area is 84.9 Å². The quantitative estimate of drug-likeness (QED) is 0.694. The number of hydrogen-bond acceptors (Lipinski definition) is 6. The molecule has 2 aromatic heterocycles. The van der Waals surface area contributed by atoms with Gasteiger partial charge in [0.2, 0.25) is 5.89 Å². The predicted octanol–water partition coefficient (Wildman–Crippen LogP) is 1.42. The Morgan fingerprint density at radius 2 is 2.33 bits per heavy atom. The third-order valence-corrected chi connectivity index (χ3v) is 1.83. The van der Waals surface area contributed by atoms with Gasteiger partial charge >= 0.3 is 5.97 Å². The fraction of sp³-hybridized carbons (Fsp3) is 0.222. The van der Waals surface area contributed by atoms with Crippen LogP contribution in [0.25, 0.3) is 11.6 Å². The molecule has 2 aromatic rings. The van der Waals surface area contributed by atoms with E-state index in [0.29, 0.717) is 11.5 Å². The zero-order valence-electron chi connectivity index (χ0n) is 8.18. The van der Waals surface area contributed by atoms with Crippen LogP contribution in [0.5, 0.6) is 0 Å². The fourth-order valence-electron chi connectivity index (χ4n) is 1.11. The molecular formula is C9H8N2O4. The molecule has 15 heavy (non-hydrogen) atoms. The van der Waals surface area contributed by atoms with E-state index < -0.39 is 5.97 Å². The van der Waals surface area contributed by atoms with Crippen LogP contribution in [-0.2, 0) is 4.74 Å². The minimum absolute atomic E-state index is 0.149. The molecule has 78 valence electrons. The van der Waals surface area contributed by atoms with Gasteiger partial charge in [-0.15, -0.1) is 0 Å². The number of methoxy groups -OCH3 is 1. The highest BCUT2D eigenvalue weighted by Crippen LogP contribution is 2.20. The number of ether oxygens (including phenoxy) is 1. The molecule has 0 spiro atoms. The minimum atomic E-state index is -0.536. The second-order valence-electron chi connectivity index (χ2n) is 2.79. The number of hydrogen-bond donors (Lipinski definition) is 0. The van der Waals surface area contributed by atoms with Crippen molar-refractivity contribution >= 4 is 5.97 Å². The van der Waals surface area contributed by atoms with E-state index in [0.717, 1.165) is 0 Å². The van der Waals surface area contributed by atoms with Gasteiger partial charge in [-0.25, -0.2) is 14.8 Å². The van der Waals surface area contributed by atoms with E-state index >= 15 is 0 Å². The van der Waals surface area contributed by atoms with Crippen molar-refractivity contribution in [3.8, 4) is 11.6 Å². The van der Waals surface area contributed by atoms with Gasteiger partial charge in [-0.1, -0.05) is 0 Å². The number of aromatic nitrogens is 2. The zero-order valence-corrected chi connectivity index (χ0v) is 8.18. The van der Waals surface area contributed by atoms with E-state index in [1.807, 2.05) is 0 Å². The third-order valence-electron chi connectivity index (χ3n) is 1.83. The van der Waals surface area contributed by atoms with Gasteiger partial charge < -0.3 is 13.6 Å². The summed E-state index contributed by atoms with van der Waals surface area (Å²) in [6, 6.07) is 0. The lowest BCUT2D eigenvalue weighted by atomic mass is 10.4. The first-order valence-electron chi connectivity index (χ1n) is 4.16. The summed E-state index contributed by atoms with van der Waals surface area (Å²) in [5.74, 6) is 0.0903. The molecule has 0 unspecified atom stereocenters. The van der Waals surface area contributed by atoms with Crippen LogP contribution in [0.4, 0.5) is 0 Å². The van der Waals surface area contributed by atoms with Crippen LogP contribution in [0.3, 0.4) is 0 Å². The number of rotatable bonds is 2. The maximum atomic E-state index is 11.2. The van der Waals surface area contributed by atoms with Crippen LogP contribution < -0.4 is 0 Å². The van der Waals surface area contributed by atoms with Crippen molar-refractivity contribution in [3.05, 3.63) is 24.1 Å². The average molecular weight is 208 g/mol. The Morgan fingerprint density at radius 3 is 2.93 bits per heavy atom. The Hall–Kier alpha value is -2.11. The molecule has 2 heterocycles. The van der Waals surface area contributed by atoms with Gasteiger partial charge in [0.25, 0.3) is 0 Å². The molecule has 0 atom stereocenters. The normalized spacial score (nSPS) is 10.3. The van der Waals surface area contributed by atoms with Crippen molar-refractivity contribution in [2.45, 2.75) is 6.92 Å². The second-order valence-corrected chi connectivity index (χ2v) is 2.79. The van der Waals surface area contributed by atoms with Gasteiger partial charge in [0.05, 0.1) is 7.11 Å². The van der Waals surface area contributed by atoms with Crippen LogP contribution in [-0.4, -0.2) is 23.0 Å². The summed E-state index contributed by atoms with van der Waals surface area (Å²) in [6.45, 7) is 1.63. The lowest BCUT2D eigenvalue weighted by molar-refractivity contribution is 0.0593. The van der Waals surface area contributed by atoms with Gasteiger partial charge in [0.15, 0.2) is 17.8 Å². The molecule has 0 fully saturated rings. The number of carbonyl (C=O) groups is 1. The van der Waals surface area contributed by atoms with Gasteiger partial charge in [-0.2, -0.15) is 0 Å². The van der Waals surface area contributed by atoms with Crippen molar-refractivity contribution in [2.24, 2.45) is 0 Å². The van der Waals surface area contributed by atoms with Crippen molar-refractivity contribution < 1.29 is 18.4 Å². The van der Waals surface area contributed by atoms with Crippen LogP contribution >= 0.6 is 0 Å². The molecule has 0 aliphatic rings. The molecular weight excluding hydrogens is 200 g/mol. The maximum absolute atomic E-state index is 11.2. The van der Waals surface area contributed by atoms with Gasteiger partial charge in [-0.05, 0) is 6.92 Å². The lowest BCUT2D eigenvalue weighted by Gasteiger charge is -1.91. The van der Waals surface area contributed by atoms with Crippen molar-refractivity contribution in [1.82, 2.24) is 9.97 Å². The molecule has 0 saturated carbocycles. The summed E-state index contributed by atoms with van der Waals surface area (Å²) in [7, 11) is 1.28. The number of esters is 1. The summed E-state index contributed by atoms with van der Waals surface area (Å²) in [4.78, 5) is 19.0. The molecule has 0 N–H and O–H groups in total. The summed E-state index contributed by atoms with van der Waals surface area (Å²) in [5.41, 5.74) is 0.587. The number of carbonyl (C=O) groups excluding carboxylic acids is 1. The molecule has 0 radical (unpaired) electrons. The van der Waals surface area contributed by atoms with E-state index in [1.165, 1.54) is 19.8 Å². The van der Waals surface area contributed by atoms with Gasteiger partial charge in [-0.3, -0.25) is 0 Å². The van der Waals surface area contributed by atoms with E-state index in [9.17, 15) is 4.79 Å². The van der Waals surface area contributed by atoms with Crippen molar-refractivity contribution in [3.63, 3.8) is 0 Å². The molecule has 0 amide bonds. The van der Waals surface area contributed by atoms with Gasteiger partial charge in [0, 0.05) is 0 Å². The molecule has 0 aliphatic heterocycles. The number of nitrogens with zero attached hydrogens (tertiary/aromatic N) is 2. The summed E-state index contributed by atoms with van der Waals surface area (Å²) < 4.78 is 14.6. The lowest BCUT2D eigenvalue weighted by Crippen LogP contribution is -2.03. The second kappa shape index (κ2) is 3.56. The molecule has 0 aromatic carbocycles. The standard InChI is InChI=1S/C9H8N2O4/c1-5-7(9(12)13-2)11-8(15-5)6-3-14-4-10-6/h3-4H,1-2H3. The molecule has 2 rings (SSSR count). The van der Waals surface area contributed by atoms with Gasteiger partial charge in [0.1, 0.15) is 12.0 Å². The fourth-order valence-corrected chi connectivity index (χ4v) is 1.11. The van der Waals surface area contributed by atoms with Crippen LogP contribution in [0.15, 0.2) is 21.5 Å². The van der Waals surface area contributed by atoms with Crippen molar-refractivity contribution in [2.75, 3.05) is 7.11 Å². The first kappa shape index (κ1) is 9.45. The Balaban J connectivity index is 2.41. The summed E-state index contributed by atoms with van der Waals surface area (Å²) in [6.07, 6.45) is 2.64. The first-order chi connectivity index (χ1) is 7.22. The highest BCUT2D eigenvalue weighted by molar-refractivity contribution is 5.88. The molecule has 0 saturated heterocycles. The first-order valence-corrected chi connectivity index (χ1v) is 4.16. The van der Waals surface area contributed by atoms with Crippen LogP contribution in [0.1, 0.15) is 16.2 Å². The predicted molar refractivity (Wildman–Crippen MR) is 48.1 cm³/mol. The molecule has 0 bridgehead atoms. The van der Waals surface area contributed by atoms with Crippen LogP contribution in [0, 0.1) is 6.92 Å². The Kier molecular flexibility index (Phi) is 2.24. The van der Waals surface area contributed by atoms with E-state index in [-0.39, 0.29) is 11.6 Å². The topological polar surface area (TPSA) is 78.4 Å². The third kappa shape index (κ3) is 1.61. The SMILES string of the molecule is COC(=O)c1nc(-c2cocn2)oc1C. The highest BCUT2D eigenvalue weighted by Gasteiger charge is 2.19. The zero-order chi connectivity index (χ0) is 10.8. The molecule has 6 nitrogen and oxygen atoms in total. The smallest absolute Gasteiger partial charge is 0.360 e. The summed E-state index contributed by atoms with van der Waals surface area (Å²) >= 11 is 0. The van der Waals surface area contributed by atoms with Crippen molar-refractivity contribution in [1.29, 1.82) is 0 Å².